The quantitative estimate of drug-likeness (QED) is 0.144. The molecule has 0 bridgehead atoms. The second-order valence-electron chi connectivity index (χ2n) is 15.1. The zero-order chi connectivity index (χ0) is 32.3. The number of hydrogen-bond donors (Lipinski definition) is 5. The van der Waals surface area contributed by atoms with Gasteiger partial charge in [0, 0.05) is 42.3 Å². The molecule has 5 N–H and O–H groups in total. The summed E-state index contributed by atoms with van der Waals surface area (Å²) in [6, 6.07) is 3.16. The fourth-order valence-electron chi connectivity index (χ4n) is 10.4. The third-order valence-corrected chi connectivity index (χ3v) is 12.8. The molecule has 1 heterocycles. The van der Waals surface area contributed by atoms with Crippen LogP contribution in [0.5, 0.6) is 0 Å². The normalized spacial score (nSPS) is 39.1. The summed E-state index contributed by atoms with van der Waals surface area (Å²) in [5.74, 6) is -1.13. The van der Waals surface area contributed by atoms with Gasteiger partial charge >= 0.3 is 11.6 Å². The van der Waals surface area contributed by atoms with Crippen LogP contribution in [0.3, 0.4) is 0 Å². The summed E-state index contributed by atoms with van der Waals surface area (Å²) in [5, 5.41) is 56.3. The van der Waals surface area contributed by atoms with Gasteiger partial charge < -0.3 is 34.7 Å². The first-order chi connectivity index (χ1) is 21.5. The minimum absolute atomic E-state index is 0.0918. The largest absolute Gasteiger partial charge is 0.462 e. The lowest BCUT2D eigenvalue weighted by Crippen LogP contribution is -2.72. The highest BCUT2D eigenvalue weighted by Gasteiger charge is 2.73. The fraction of sp³-hybridized carbons (Fsp3) is 0.833. The first kappa shape index (κ1) is 34.6. The fourth-order valence-corrected chi connectivity index (χ4v) is 10.4. The van der Waals surface area contributed by atoms with Gasteiger partial charge in [-0.3, -0.25) is 4.79 Å². The molecule has 9 nitrogen and oxygen atoms in total. The van der Waals surface area contributed by atoms with Crippen molar-refractivity contribution in [3.05, 3.63) is 34.4 Å². The maximum atomic E-state index is 12.7. The van der Waals surface area contributed by atoms with Gasteiger partial charge in [0.2, 0.25) is 0 Å². The monoisotopic (exact) mass is 632 g/mol. The van der Waals surface area contributed by atoms with E-state index < -0.39 is 45.8 Å². The van der Waals surface area contributed by atoms with Gasteiger partial charge in [-0.15, -0.1) is 0 Å². The summed E-state index contributed by atoms with van der Waals surface area (Å²) in [4.78, 5) is 24.3. The Hall–Kier alpha value is -1.78. The third-order valence-electron chi connectivity index (χ3n) is 12.8. The lowest BCUT2D eigenvalue weighted by atomic mass is 9.41. The SMILES string of the molecule is CC12CC(O)C3C(CCC4(O)CC(OC(=O)CCCCCCCCCCCO)CCC34CO)C1(O)CCC2c1ccc(=O)oc1. The van der Waals surface area contributed by atoms with Crippen LogP contribution < -0.4 is 5.63 Å². The molecular weight excluding hydrogens is 576 g/mol. The molecular formula is C36H56O9. The summed E-state index contributed by atoms with van der Waals surface area (Å²) >= 11 is 0. The highest BCUT2D eigenvalue weighted by atomic mass is 16.5. The summed E-state index contributed by atoms with van der Waals surface area (Å²) < 4.78 is 11.0. The Morgan fingerprint density at radius 2 is 1.60 bits per heavy atom. The molecule has 0 amide bonds. The van der Waals surface area contributed by atoms with Crippen molar-refractivity contribution in [1.82, 2.24) is 0 Å². The number of hydrogen-bond acceptors (Lipinski definition) is 9. The third kappa shape index (κ3) is 6.41. The molecule has 4 aliphatic carbocycles. The average molecular weight is 633 g/mol. The molecule has 45 heavy (non-hydrogen) atoms. The van der Waals surface area contributed by atoms with Crippen molar-refractivity contribution in [3.8, 4) is 0 Å². The van der Waals surface area contributed by atoms with Crippen LogP contribution in [0.15, 0.2) is 27.6 Å². The molecule has 4 saturated carbocycles. The van der Waals surface area contributed by atoms with Crippen LogP contribution in [0.1, 0.15) is 134 Å². The Kier molecular flexibility index (Phi) is 10.9. The number of fused-ring (bicyclic) bond motifs is 5. The first-order valence-corrected chi connectivity index (χ1v) is 17.7. The van der Waals surface area contributed by atoms with E-state index in [2.05, 4.69) is 0 Å². The predicted octanol–water partition coefficient (Wildman–Crippen LogP) is 4.74. The van der Waals surface area contributed by atoms with Crippen molar-refractivity contribution in [2.45, 2.75) is 152 Å². The minimum Gasteiger partial charge on any atom is -0.462 e. The average Bonchev–Trinajstić information content (AvgIpc) is 3.28. The van der Waals surface area contributed by atoms with E-state index in [1.807, 2.05) is 6.92 Å². The predicted molar refractivity (Wildman–Crippen MR) is 168 cm³/mol. The summed E-state index contributed by atoms with van der Waals surface area (Å²) in [7, 11) is 0. The molecule has 254 valence electrons. The topological polar surface area (TPSA) is 158 Å². The van der Waals surface area contributed by atoms with Crippen LogP contribution in [0, 0.1) is 22.7 Å². The zero-order valence-electron chi connectivity index (χ0n) is 27.1. The number of rotatable bonds is 14. The van der Waals surface area contributed by atoms with Crippen molar-refractivity contribution in [2.75, 3.05) is 13.2 Å². The minimum atomic E-state index is -1.31. The molecule has 0 aliphatic heterocycles. The van der Waals surface area contributed by atoms with E-state index in [0.29, 0.717) is 51.4 Å². The second kappa shape index (κ2) is 14.1. The van der Waals surface area contributed by atoms with E-state index in [9.17, 15) is 30.0 Å². The van der Waals surface area contributed by atoms with Crippen molar-refractivity contribution in [2.24, 2.45) is 22.7 Å². The maximum Gasteiger partial charge on any atom is 0.335 e. The van der Waals surface area contributed by atoms with Crippen LogP contribution in [-0.4, -0.2) is 68.1 Å². The molecule has 9 heteroatoms. The Morgan fingerprint density at radius 3 is 2.24 bits per heavy atom. The standard InChI is InChI=1S/C36H56O9/c1-33-22-29(39)32-28(36(33,43)19-16-27(33)25-12-13-30(40)44-23-25)15-18-35(42)21-26(14-17-34(32,35)24-38)45-31(41)11-9-7-5-3-2-4-6-8-10-20-37/h12-13,23,26-29,32,37-39,42-43H,2-11,14-22,24H2,1H3. The van der Waals surface area contributed by atoms with Gasteiger partial charge in [-0.2, -0.15) is 0 Å². The summed E-state index contributed by atoms with van der Waals surface area (Å²) in [6.45, 7) is 2.00. The number of carbonyl (C=O) groups excluding carboxylic acids is 1. The van der Waals surface area contributed by atoms with Crippen LogP contribution in [0.4, 0.5) is 0 Å². The van der Waals surface area contributed by atoms with E-state index in [1.54, 1.807) is 6.07 Å². The van der Waals surface area contributed by atoms with Gasteiger partial charge in [0.05, 0.1) is 30.2 Å². The van der Waals surface area contributed by atoms with Crippen LogP contribution in [0.2, 0.25) is 0 Å². The van der Waals surface area contributed by atoms with Crippen LogP contribution in [-0.2, 0) is 9.53 Å². The molecule has 4 fully saturated rings. The molecule has 0 radical (unpaired) electrons. The lowest BCUT2D eigenvalue weighted by molar-refractivity contribution is -0.292. The Balaban J connectivity index is 1.18. The lowest BCUT2D eigenvalue weighted by Gasteiger charge is -2.67. The van der Waals surface area contributed by atoms with Crippen molar-refractivity contribution in [3.63, 3.8) is 0 Å². The van der Waals surface area contributed by atoms with Crippen LogP contribution >= 0.6 is 0 Å². The Labute approximate surface area is 267 Å². The Morgan fingerprint density at radius 1 is 0.911 bits per heavy atom. The second-order valence-corrected chi connectivity index (χ2v) is 15.1. The number of carbonyl (C=O) groups is 1. The van der Waals surface area contributed by atoms with E-state index in [0.717, 1.165) is 50.5 Å². The first-order valence-electron chi connectivity index (χ1n) is 17.7. The molecule has 9 unspecified atom stereocenters. The van der Waals surface area contributed by atoms with Crippen molar-refractivity contribution in [1.29, 1.82) is 0 Å². The van der Waals surface area contributed by atoms with E-state index in [1.165, 1.54) is 25.2 Å². The van der Waals surface area contributed by atoms with Gasteiger partial charge in [0.25, 0.3) is 0 Å². The molecule has 1 aromatic rings. The van der Waals surface area contributed by atoms with Gasteiger partial charge in [-0.1, -0.05) is 51.9 Å². The van der Waals surface area contributed by atoms with Crippen molar-refractivity contribution < 1.29 is 39.5 Å². The number of esters is 1. The highest BCUT2D eigenvalue weighted by molar-refractivity contribution is 5.69. The van der Waals surface area contributed by atoms with Gasteiger partial charge in [-0.25, -0.2) is 4.79 Å². The van der Waals surface area contributed by atoms with Gasteiger partial charge in [0.15, 0.2) is 0 Å². The van der Waals surface area contributed by atoms with Gasteiger partial charge in [0.1, 0.15) is 6.10 Å². The molecule has 9 atom stereocenters. The maximum absolute atomic E-state index is 12.7. The molecule has 0 saturated heterocycles. The molecule has 1 aromatic heterocycles. The van der Waals surface area contributed by atoms with E-state index in [4.69, 9.17) is 14.3 Å². The molecule has 5 rings (SSSR count). The van der Waals surface area contributed by atoms with Gasteiger partial charge in [-0.05, 0) is 81.3 Å². The number of aliphatic hydroxyl groups is 5. The van der Waals surface area contributed by atoms with E-state index in [-0.39, 0.29) is 37.4 Å². The number of ether oxygens (including phenoxy) is 1. The molecule has 0 aromatic carbocycles. The van der Waals surface area contributed by atoms with Crippen LogP contribution in [0.25, 0.3) is 0 Å². The molecule has 4 aliphatic rings. The summed E-state index contributed by atoms with van der Waals surface area (Å²) in [5.41, 5.74) is -3.65. The summed E-state index contributed by atoms with van der Waals surface area (Å²) in [6.07, 6.45) is 13.6. The smallest absolute Gasteiger partial charge is 0.335 e. The number of aliphatic hydroxyl groups excluding tert-OH is 3. The highest BCUT2D eigenvalue weighted by Crippen LogP contribution is 2.71. The van der Waals surface area contributed by atoms with E-state index >= 15 is 0 Å². The van der Waals surface area contributed by atoms with Crippen molar-refractivity contribution >= 4 is 5.97 Å². The zero-order valence-corrected chi connectivity index (χ0v) is 27.1. The number of unbranched alkanes of at least 4 members (excludes halogenated alkanes) is 8. The molecule has 0 spiro atoms. The Bertz CT molecular complexity index is 1180.